The third-order valence-corrected chi connectivity index (χ3v) is 8.05. The molecular formula is C40H27NO. The number of hydrogen-bond donors (Lipinski definition) is 0. The van der Waals surface area contributed by atoms with Crippen molar-refractivity contribution in [3.8, 4) is 22.3 Å². The van der Waals surface area contributed by atoms with Crippen LogP contribution in [0.4, 0.5) is 17.1 Å². The van der Waals surface area contributed by atoms with Crippen LogP contribution in [0.3, 0.4) is 0 Å². The van der Waals surface area contributed by atoms with Gasteiger partial charge in [0.25, 0.3) is 0 Å². The number of benzene rings is 7. The molecule has 8 rings (SSSR count). The van der Waals surface area contributed by atoms with Gasteiger partial charge < -0.3 is 9.32 Å². The highest BCUT2D eigenvalue weighted by Gasteiger charge is 2.19. The van der Waals surface area contributed by atoms with Crippen LogP contribution in [0.1, 0.15) is 0 Å². The molecule has 8 aromatic rings. The van der Waals surface area contributed by atoms with E-state index in [2.05, 4.69) is 157 Å². The predicted molar refractivity (Wildman–Crippen MR) is 177 cm³/mol. The van der Waals surface area contributed by atoms with Crippen LogP contribution in [-0.4, -0.2) is 0 Å². The molecule has 0 saturated heterocycles. The predicted octanol–water partition coefficient (Wildman–Crippen LogP) is 11.5. The maximum absolute atomic E-state index is 6.53. The molecule has 0 spiro atoms. The zero-order valence-electron chi connectivity index (χ0n) is 22.9. The van der Waals surface area contributed by atoms with Gasteiger partial charge >= 0.3 is 0 Å². The number of furan rings is 1. The first-order chi connectivity index (χ1) is 20.8. The monoisotopic (exact) mass is 537 g/mol. The van der Waals surface area contributed by atoms with Gasteiger partial charge in [-0.05, 0) is 76.2 Å². The summed E-state index contributed by atoms with van der Waals surface area (Å²) in [4.78, 5) is 2.33. The van der Waals surface area contributed by atoms with E-state index in [0.717, 1.165) is 49.8 Å². The zero-order valence-corrected chi connectivity index (χ0v) is 22.9. The number of para-hydroxylation sites is 2. The van der Waals surface area contributed by atoms with Crippen molar-refractivity contribution in [2.24, 2.45) is 0 Å². The van der Waals surface area contributed by atoms with Gasteiger partial charge in [-0.25, -0.2) is 0 Å². The normalized spacial score (nSPS) is 11.3. The molecule has 0 aliphatic rings. The summed E-state index contributed by atoms with van der Waals surface area (Å²) in [5, 5.41) is 4.52. The smallest absolute Gasteiger partial charge is 0.145 e. The summed E-state index contributed by atoms with van der Waals surface area (Å²) in [6, 6.07) is 57.9. The van der Waals surface area contributed by atoms with Gasteiger partial charge in [-0.15, -0.1) is 0 Å². The van der Waals surface area contributed by atoms with E-state index in [1.54, 1.807) is 0 Å². The highest BCUT2D eigenvalue weighted by molar-refractivity contribution is 6.19. The van der Waals surface area contributed by atoms with E-state index in [-0.39, 0.29) is 0 Å². The first-order valence-corrected chi connectivity index (χ1v) is 14.3. The molecule has 2 heteroatoms. The lowest BCUT2D eigenvalue weighted by Crippen LogP contribution is -2.10. The summed E-state index contributed by atoms with van der Waals surface area (Å²) in [6.07, 6.45) is 0. The van der Waals surface area contributed by atoms with Gasteiger partial charge in [0.15, 0.2) is 0 Å². The third kappa shape index (κ3) is 4.13. The van der Waals surface area contributed by atoms with Crippen LogP contribution in [0.5, 0.6) is 0 Å². The molecule has 7 aromatic carbocycles. The van der Waals surface area contributed by atoms with Crippen LogP contribution in [-0.2, 0) is 0 Å². The molecule has 2 nitrogen and oxygen atoms in total. The molecule has 0 atom stereocenters. The quantitative estimate of drug-likeness (QED) is 0.217. The minimum atomic E-state index is 0.906. The summed E-state index contributed by atoms with van der Waals surface area (Å²) in [5.41, 5.74) is 9.91. The molecule has 42 heavy (non-hydrogen) atoms. The second-order valence-corrected chi connectivity index (χ2v) is 10.6. The number of fused-ring (bicyclic) bond motifs is 5. The van der Waals surface area contributed by atoms with Crippen LogP contribution < -0.4 is 4.90 Å². The molecular weight excluding hydrogens is 510 g/mol. The SMILES string of the molecule is c1ccc(-c2cccc(-c3ccc(N(c4ccccc4)c4cccc5ccc6c7ccccc7oc6c45)cc3)c2)cc1. The Morgan fingerprint density at radius 3 is 1.81 bits per heavy atom. The molecule has 0 aliphatic carbocycles. The molecule has 0 N–H and O–H groups in total. The fraction of sp³-hybridized carbons (Fsp3) is 0. The van der Waals surface area contributed by atoms with Crippen molar-refractivity contribution in [1.29, 1.82) is 0 Å². The molecule has 0 radical (unpaired) electrons. The van der Waals surface area contributed by atoms with Gasteiger partial charge in [0.2, 0.25) is 0 Å². The zero-order chi connectivity index (χ0) is 27.9. The third-order valence-electron chi connectivity index (χ3n) is 8.05. The summed E-state index contributed by atoms with van der Waals surface area (Å²) in [7, 11) is 0. The average molecular weight is 538 g/mol. The maximum atomic E-state index is 6.53. The van der Waals surface area contributed by atoms with Crippen molar-refractivity contribution in [2.45, 2.75) is 0 Å². The molecule has 0 aliphatic heterocycles. The minimum absolute atomic E-state index is 0.906. The van der Waals surface area contributed by atoms with Crippen molar-refractivity contribution in [2.75, 3.05) is 4.90 Å². The highest BCUT2D eigenvalue weighted by atomic mass is 16.3. The lowest BCUT2D eigenvalue weighted by Gasteiger charge is -2.27. The molecule has 1 aromatic heterocycles. The molecule has 0 amide bonds. The maximum Gasteiger partial charge on any atom is 0.145 e. The second kappa shape index (κ2) is 10.1. The van der Waals surface area contributed by atoms with Crippen LogP contribution in [0.25, 0.3) is 55.0 Å². The van der Waals surface area contributed by atoms with Crippen LogP contribution in [0, 0.1) is 0 Å². The topological polar surface area (TPSA) is 16.4 Å². The van der Waals surface area contributed by atoms with Gasteiger partial charge in [-0.3, -0.25) is 0 Å². The van der Waals surface area contributed by atoms with Gasteiger partial charge in [-0.1, -0.05) is 115 Å². The Labute approximate surface area is 244 Å². The fourth-order valence-electron chi connectivity index (χ4n) is 6.04. The Morgan fingerprint density at radius 1 is 0.405 bits per heavy atom. The van der Waals surface area contributed by atoms with Gasteiger partial charge in [0.1, 0.15) is 11.2 Å². The Kier molecular flexibility index (Phi) is 5.82. The number of hydrogen-bond acceptors (Lipinski definition) is 2. The average Bonchev–Trinajstić information content (AvgIpc) is 3.45. The van der Waals surface area contributed by atoms with Gasteiger partial charge in [-0.2, -0.15) is 0 Å². The van der Waals surface area contributed by atoms with Crippen molar-refractivity contribution >= 4 is 49.8 Å². The largest absolute Gasteiger partial charge is 0.455 e. The van der Waals surface area contributed by atoms with E-state index in [0.29, 0.717) is 0 Å². The van der Waals surface area contributed by atoms with E-state index < -0.39 is 0 Å². The molecule has 0 saturated carbocycles. The van der Waals surface area contributed by atoms with Crippen molar-refractivity contribution < 1.29 is 4.42 Å². The van der Waals surface area contributed by atoms with E-state index >= 15 is 0 Å². The lowest BCUT2D eigenvalue weighted by molar-refractivity contribution is 0.672. The first-order valence-electron chi connectivity index (χ1n) is 14.3. The van der Waals surface area contributed by atoms with Crippen molar-refractivity contribution in [1.82, 2.24) is 0 Å². The summed E-state index contributed by atoms with van der Waals surface area (Å²) >= 11 is 0. The summed E-state index contributed by atoms with van der Waals surface area (Å²) in [6.45, 7) is 0. The molecule has 0 bridgehead atoms. The summed E-state index contributed by atoms with van der Waals surface area (Å²) < 4.78 is 6.53. The first kappa shape index (κ1) is 24.2. The van der Waals surface area contributed by atoms with E-state index in [1.165, 1.54) is 22.3 Å². The minimum Gasteiger partial charge on any atom is -0.455 e. The van der Waals surface area contributed by atoms with E-state index in [1.807, 2.05) is 12.1 Å². The van der Waals surface area contributed by atoms with E-state index in [9.17, 15) is 0 Å². The van der Waals surface area contributed by atoms with Crippen LogP contribution >= 0.6 is 0 Å². The Balaban J connectivity index is 1.28. The molecule has 1 heterocycles. The number of nitrogens with zero attached hydrogens (tertiary/aromatic N) is 1. The Bertz CT molecular complexity index is 2180. The van der Waals surface area contributed by atoms with Gasteiger partial charge in [0.05, 0.1) is 5.69 Å². The molecule has 0 unspecified atom stereocenters. The standard InChI is InChI=1S/C40H27NO/c1-3-11-28(12-4-1)31-14-9-15-32(27-31)29-21-24-34(25-22-29)41(33-16-5-2-6-17-33)37-19-10-13-30-23-26-36-35-18-7-8-20-38(35)42-40(36)39(30)37/h1-27H. The Hall–Kier alpha value is -5.60. The van der Waals surface area contributed by atoms with Gasteiger partial charge in [0, 0.05) is 27.5 Å². The fourth-order valence-corrected chi connectivity index (χ4v) is 6.04. The molecule has 0 fully saturated rings. The van der Waals surface area contributed by atoms with E-state index in [4.69, 9.17) is 4.42 Å². The summed E-state index contributed by atoms with van der Waals surface area (Å²) in [5.74, 6) is 0. The number of rotatable bonds is 5. The van der Waals surface area contributed by atoms with Crippen LogP contribution in [0.15, 0.2) is 168 Å². The van der Waals surface area contributed by atoms with Crippen molar-refractivity contribution in [3.05, 3.63) is 164 Å². The second-order valence-electron chi connectivity index (χ2n) is 10.6. The highest BCUT2D eigenvalue weighted by Crippen LogP contribution is 2.44. The lowest BCUT2D eigenvalue weighted by atomic mass is 9.98. The molecule has 198 valence electrons. The van der Waals surface area contributed by atoms with Crippen molar-refractivity contribution in [3.63, 3.8) is 0 Å². The van der Waals surface area contributed by atoms with Crippen LogP contribution in [0.2, 0.25) is 0 Å². The number of anilines is 3. The Morgan fingerprint density at radius 2 is 1.02 bits per heavy atom.